The third kappa shape index (κ3) is 3.85. The Bertz CT molecular complexity index is 778. The highest BCUT2D eigenvalue weighted by Gasteiger charge is 2.30. The molecule has 3 aliphatic heterocycles. The SMILES string of the molecule is O=C1OCc2cc(N3CCN(CC(=O)N4CCN(C5CCC5)CC4)CC3)ccc21. The van der Waals surface area contributed by atoms with Gasteiger partial charge in [0.15, 0.2) is 0 Å². The molecule has 3 heterocycles. The van der Waals surface area contributed by atoms with Crippen LogP contribution in [-0.2, 0) is 16.1 Å². The smallest absolute Gasteiger partial charge is 0.338 e. The quantitative estimate of drug-likeness (QED) is 0.710. The summed E-state index contributed by atoms with van der Waals surface area (Å²) in [5.74, 6) is 0.0586. The van der Waals surface area contributed by atoms with Crippen molar-refractivity contribution in [3.05, 3.63) is 29.3 Å². The van der Waals surface area contributed by atoms with E-state index in [0.717, 1.165) is 69.7 Å². The topological polar surface area (TPSA) is 56.3 Å². The van der Waals surface area contributed by atoms with Gasteiger partial charge < -0.3 is 14.5 Å². The summed E-state index contributed by atoms with van der Waals surface area (Å²) in [4.78, 5) is 33.6. The van der Waals surface area contributed by atoms with Gasteiger partial charge in [0.25, 0.3) is 0 Å². The van der Waals surface area contributed by atoms with Crippen molar-refractivity contribution in [2.45, 2.75) is 31.9 Å². The van der Waals surface area contributed by atoms with E-state index >= 15 is 0 Å². The minimum Gasteiger partial charge on any atom is -0.457 e. The lowest BCUT2D eigenvalue weighted by molar-refractivity contribution is -0.134. The minimum absolute atomic E-state index is 0.219. The molecule has 3 fully saturated rings. The van der Waals surface area contributed by atoms with Gasteiger partial charge in [0, 0.05) is 69.7 Å². The molecule has 0 bridgehead atoms. The molecule has 1 aromatic carbocycles. The third-order valence-electron chi connectivity index (χ3n) is 7.02. The number of ether oxygens (including phenoxy) is 1. The van der Waals surface area contributed by atoms with Crippen LogP contribution in [0.3, 0.4) is 0 Å². The number of cyclic esters (lactones) is 1. The monoisotopic (exact) mass is 398 g/mol. The van der Waals surface area contributed by atoms with E-state index in [4.69, 9.17) is 4.74 Å². The zero-order valence-electron chi connectivity index (χ0n) is 17.0. The van der Waals surface area contributed by atoms with Crippen LogP contribution in [0.25, 0.3) is 0 Å². The average Bonchev–Trinajstić information content (AvgIpc) is 3.08. The Hall–Kier alpha value is -2.12. The van der Waals surface area contributed by atoms with Crippen LogP contribution in [0, 0.1) is 0 Å². The number of esters is 1. The molecular formula is C22H30N4O3. The highest BCUT2D eigenvalue weighted by Crippen LogP contribution is 2.27. The molecule has 5 rings (SSSR count). The van der Waals surface area contributed by atoms with Gasteiger partial charge in [-0.25, -0.2) is 4.79 Å². The number of hydrogen-bond acceptors (Lipinski definition) is 6. The molecule has 7 nitrogen and oxygen atoms in total. The zero-order valence-corrected chi connectivity index (χ0v) is 17.0. The highest BCUT2D eigenvalue weighted by molar-refractivity contribution is 5.93. The van der Waals surface area contributed by atoms with Crippen molar-refractivity contribution in [2.75, 3.05) is 63.8 Å². The van der Waals surface area contributed by atoms with E-state index in [1.807, 2.05) is 12.1 Å². The van der Waals surface area contributed by atoms with Gasteiger partial charge in [0.05, 0.1) is 12.1 Å². The molecule has 0 N–H and O–H groups in total. The second-order valence-corrected chi connectivity index (χ2v) is 8.68. The van der Waals surface area contributed by atoms with Gasteiger partial charge in [-0.1, -0.05) is 6.42 Å². The predicted molar refractivity (Wildman–Crippen MR) is 110 cm³/mol. The van der Waals surface area contributed by atoms with Crippen LogP contribution in [0.5, 0.6) is 0 Å². The summed E-state index contributed by atoms with van der Waals surface area (Å²) in [5.41, 5.74) is 2.81. The van der Waals surface area contributed by atoms with Crippen molar-refractivity contribution in [1.82, 2.24) is 14.7 Å². The Balaban J connectivity index is 1.09. The molecule has 0 atom stereocenters. The van der Waals surface area contributed by atoms with E-state index in [9.17, 15) is 9.59 Å². The van der Waals surface area contributed by atoms with Crippen LogP contribution in [-0.4, -0.2) is 91.5 Å². The standard InChI is InChI=1S/C22H30N4O3/c27-21(26-12-10-24(11-13-26)18-2-1-3-18)15-23-6-8-25(9-7-23)19-4-5-20-17(14-19)16-29-22(20)28/h4-5,14,18H,1-3,6-13,15-16H2. The van der Waals surface area contributed by atoms with Crippen molar-refractivity contribution in [3.63, 3.8) is 0 Å². The van der Waals surface area contributed by atoms with Gasteiger partial charge in [0.1, 0.15) is 6.61 Å². The predicted octanol–water partition coefficient (Wildman–Crippen LogP) is 1.18. The van der Waals surface area contributed by atoms with Crippen molar-refractivity contribution < 1.29 is 14.3 Å². The molecule has 0 aromatic heterocycles. The fourth-order valence-corrected chi connectivity index (χ4v) is 4.86. The summed E-state index contributed by atoms with van der Waals surface area (Å²) in [6.45, 7) is 8.32. The van der Waals surface area contributed by atoms with Gasteiger partial charge in [-0.15, -0.1) is 0 Å². The van der Waals surface area contributed by atoms with Gasteiger partial charge >= 0.3 is 5.97 Å². The first-order valence-electron chi connectivity index (χ1n) is 11.0. The van der Waals surface area contributed by atoms with E-state index < -0.39 is 0 Å². The summed E-state index contributed by atoms with van der Waals surface area (Å²) in [7, 11) is 0. The van der Waals surface area contributed by atoms with Crippen molar-refractivity contribution in [3.8, 4) is 0 Å². The first-order valence-corrected chi connectivity index (χ1v) is 11.0. The number of piperazine rings is 2. The van der Waals surface area contributed by atoms with E-state index in [-0.39, 0.29) is 11.9 Å². The average molecular weight is 399 g/mol. The Morgan fingerprint density at radius 2 is 1.76 bits per heavy atom. The van der Waals surface area contributed by atoms with Gasteiger partial charge in [-0.2, -0.15) is 0 Å². The van der Waals surface area contributed by atoms with E-state index in [1.54, 1.807) is 0 Å². The summed E-state index contributed by atoms with van der Waals surface area (Å²) < 4.78 is 5.10. The number of nitrogens with zero attached hydrogens (tertiary/aromatic N) is 4. The molecule has 4 aliphatic rings. The van der Waals surface area contributed by atoms with Gasteiger partial charge in [0.2, 0.25) is 5.91 Å². The summed E-state index contributed by atoms with van der Waals surface area (Å²) in [6.07, 6.45) is 4.05. The molecule has 1 amide bonds. The molecule has 0 spiro atoms. The second kappa shape index (κ2) is 7.95. The highest BCUT2D eigenvalue weighted by atomic mass is 16.5. The number of carbonyl (C=O) groups excluding carboxylic acids is 2. The van der Waals surface area contributed by atoms with E-state index in [0.29, 0.717) is 18.7 Å². The minimum atomic E-state index is -0.219. The molecular weight excluding hydrogens is 368 g/mol. The molecule has 29 heavy (non-hydrogen) atoms. The maximum Gasteiger partial charge on any atom is 0.338 e. The van der Waals surface area contributed by atoms with Crippen molar-refractivity contribution >= 4 is 17.6 Å². The molecule has 0 unspecified atom stereocenters. The largest absolute Gasteiger partial charge is 0.457 e. The van der Waals surface area contributed by atoms with Gasteiger partial charge in [-0.05, 0) is 31.0 Å². The molecule has 7 heteroatoms. The van der Waals surface area contributed by atoms with Crippen LogP contribution in [0.1, 0.15) is 35.2 Å². The molecule has 156 valence electrons. The van der Waals surface area contributed by atoms with E-state index in [1.165, 1.54) is 19.3 Å². The first kappa shape index (κ1) is 18.9. The van der Waals surface area contributed by atoms with Crippen LogP contribution < -0.4 is 4.90 Å². The fraction of sp³-hybridized carbons (Fsp3) is 0.636. The lowest BCUT2D eigenvalue weighted by Crippen LogP contribution is -2.56. The van der Waals surface area contributed by atoms with Crippen LogP contribution in [0.4, 0.5) is 5.69 Å². The fourth-order valence-electron chi connectivity index (χ4n) is 4.86. The number of anilines is 1. The molecule has 2 saturated heterocycles. The Kier molecular flexibility index (Phi) is 5.18. The Labute approximate surface area is 172 Å². The summed E-state index contributed by atoms with van der Waals surface area (Å²) in [5, 5.41) is 0. The number of carbonyl (C=O) groups is 2. The van der Waals surface area contributed by atoms with Crippen molar-refractivity contribution in [1.29, 1.82) is 0 Å². The number of fused-ring (bicyclic) bond motifs is 1. The summed E-state index contributed by atoms with van der Waals surface area (Å²) >= 11 is 0. The van der Waals surface area contributed by atoms with Crippen LogP contribution in [0.15, 0.2) is 18.2 Å². The maximum atomic E-state index is 12.7. The summed E-state index contributed by atoms with van der Waals surface area (Å²) in [6, 6.07) is 6.74. The zero-order chi connectivity index (χ0) is 19.8. The second-order valence-electron chi connectivity index (χ2n) is 8.68. The van der Waals surface area contributed by atoms with E-state index in [2.05, 4.69) is 25.7 Å². The number of hydrogen-bond donors (Lipinski definition) is 0. The Morgan fingerprint density at radius 3 is 2.45 bits per heavy atom. The van der Waals surface area contributed by atoms with Crippen LogP contribution >= 0.6 is 0 Å². The lowest BCUT2D eigenvalue weighted by atomic mass is 9.91. The normalized spacial score (nSPS) is 23.7. The first-order chi connectivity index (χ1) is 14.2. The van der Waals surface area contributed by atoms with Crippen LogP contribution in [0.2, 0.25) is 0 Å². The molecule has 1 aromatic rings. The van der Waals surface area contributed by atoms with Gasteiger partial charge in [-0.3, -0.25) is 14.6 Å². The lowest BCUT2D eigenvalue weighted by Gasteiger charge is -2.43. The molecule has 1 aliphatic carbocycles. The molecule has 1 saturated carbocycles. The third-order valence-corrected chi connectivity index (χ3v) is 7.02. The Morgan fingerprint density at radius 1 is 1.00 bits per heavy atom. The molecule has 0 radical (unpaired) electrons. The van der Waals surface area contributed by atoms with Crippen molar-refractivity contribution in [2.24, 2.45) is 0 Å². The maximum absolute atomic E-state index is 12.7. The number of benzene rings is 1. The number of rotatable bonds is 4. The number of amides is 1.